The first-order valence-electron chi connectivity index (χ1n) is 9.77. The van der Waals surface area contributed by atoms with Crippen LogP contribution in [0.15, 0.2) is 36.5 Å². The first kappa shape index (κ1) is 18.9. The average Bonchev–Trinajstić information content (AvgIpc) is 3.16. The summed E-state index contributed by atoms with van der Waals surface area (Å²) in [6.07, 6.45) is 3.70. The molecular weight excluding hydrogens is 368 g/mol. The number of hydrogen-bond donors (Lipinski definition) is 2. The maximum absolute atomic E-state index is 12.8. The van der Waals surface area contributed by atoms with Gasteiger partial charge in [-0.2, -0.15) is 0 Å². The molecule has 0 spiro atoms. The Balaban J connectivity index is 1.40. The van der Waals surface area contributed by atoms with Gasteiger partial charge in [0.2, 0.25) is 6.41 Å². The number of fused-ring (bicyclic) bond motifs is 1. The Morgan fingerprint density at radius 3 is 2.79 bits per heavy atom. The van der Waals surface area contributed by atoms with E-state index in [0.29, 0.717) is 50.1 Å². The summed E-state index contributed by atoms with van der Waals surface area (Å²) in [6.45, 7) is 4.62. The number of amides is 2. The van der Waals surface area contributed by atoms with Gasteiger partial charge in [-0.25, -0.2) is 9.97 Å². The standard InChI is InChI=1S/C21H24N6O2/c1-15-24-19(21(29)27-10-8-26(14-28)9-11-27)12-20(25-15)22-7-6-16-13-23-18-5-3-2-4-17(16)18/h2-5,12-14,23H,6-11H2,1H3,(H,22,24,25). The fraction of sp³-hybridized carbons (Fsp3) is 0.333. The van der Waals surface area contributed by atoms with Crippen molar-refractivity contribution in [2.75, 3.05) is 38.0 Å². The van der Waals surface area contributed by atoms with Gasteiger partial charge in [-0.15, -0.1) is 0 Å². The number of para-hydroxylation sites is 1. The van der Waals surface area contributed by atoms with Crippen LogP contribution in [0.1, 0.15) is 21.9 Å². The second kappa shape index (κ2) is 8.30. The van der Waals surface area contributed by atoms with Gasteiger partial charge >= 0.3 is 0 Å². The minimum Gasteiger partial charge on any atom is -0.370 e. The Hall–Kier alpha value is -3.42. The number of nitrogens with one attached hydrogen (secondary N) is 2. The third-order valence-electron chi connectivity index (χ3n) is 5.18. The van der Waals surface area contributed by atoms with E-state index < -0.39 is 0 Å². The van der Waals surface area contributed by atoms with Crippen molar-refractivity contribution < 1.29 is 9.59 Å². The maximum atomic E-state index is 12.8. The zero-order chi connectivity index (χ0) is 20.2. The molecule has 1 aliphatic heterocycles. The number of aromatic amines is 1. The van der Waals surface area contributed by atoms with Crippen LogP contribution in [0, 0.1) is 6.92 Å². The van der Waals surface area contributed by atoms with Crippen LogP contribution in [0.25, 0.3) is 10.9 Å². The van der Waals surface area contributed by atoms with Crippen LogP contribution in [0.5, 0.6) is 0 Å². The molecule has 1 saturated heterocycles. The molecule has 0 aliphatic carbocycles. The molecular formula is C21H24N6O2. The van der Waals surface area contributed by atoms with Gasteiger partial charge in [-0.05, 0) is 25.0 Å². The topological polar surface area (TPSA) is 94.2 Å². The van der Waals surface area contributed by atoms with Crippen molar-refractivity contribution in [2.45, 2.75) is 13.3 Å². The quantitative estimate of drug-likeness (QED) is 0.624. The van der Waals surface area contributed by atoms with Crippen molar-refractivity contribution in [2.24, 2.45) is 0 Å². The second-order valence-electron chi connectivity index (χ2n) is 7.16. The molecule has 3 heterocycles. The molecule has 2 aromatic heterocycles. The van der Waals surface area contributed by atoms with E-state index in [0.717, 1.165) is 18.3 Å². The highest BCUT2D eigenvalue weighted by atomic mass is 16.2. The molecule has 8 nitrogen and oxygen atoms in total. The number of aromatic nitrogens is 3. The number of H-pyrrole nitrogens is 1. The molecule has 1 aliphatic rings. The van der Waals surface area contributed by atoms with E-state index in [9.17, 15) is 9.59 Å². The molecule has 0 atom stereocenters. The highest BCUT2D eigenvalue weighted by molar-refractivity contribution is 5.93. The van der Waals surface area contributed by atoms with E-state index >= 15 is 0 Å². The van der Waals surface area contributed by atoms with E-state index in [1.807, 2.05) is 18.3 Å². The summed E-state index contributed by atoms with van der Waals surface area (Å²) in [4.78, 5) is 39.1. The molecule has 2 amide bonds. The summed E-state index contributed by atoms with van der Waals surface area (Å²) in [7, 11) is 0. The molecule has 8 heteroatoms. The number of nitrogens with zero attached hydrogens (tertiary/aromatic N) is 4. The lowest BCUT2D eigenvalue weighted by Crippen LogP contribution is -2.48. The fourth-order valence-corrected chi connectivity index (χ4v) is 3.62. The summed E-state index contributed by atoms with van der Waals surface area (Å²) in [5, 5.41) is 4.53. The molecule has 0 bridgehead atoms. The van der Waals surface area contributed by atoms with Crippen LogP contribution in [0.2, 0.25) is 0 Å². The number of carbonyl (C=O) groups is 2. The average molecular weight is 392 g/mol. The lowest BCUT2D eigenvalue weighted by atomic mass is 10.1. The number of hydrogen-bond acceptors (Lipinski definition) is 5. The predicted octanol–water partition coefficient (Wildman–Crippen LogP) is 1.84. The zero-order valence-corrected chi connectivity index (χ0v) is 16.4. The van der Waals surface area contributed by atoms with Gasteiger partial charge in [0, 0.05) is 55.9 Å². The van der Waals surface area contributed by atoms with E-state index in [1.165, 1.54) is 10.9 Å². The molecule has 0 unspecified atom stereocenters. The Labute approximate surface area is 168 Å². The normalized spacial score (nSPS) is 14.2. The monoisotopic (exact) mass is 392 g/mol. The number of aryl methyl sites for hydroxylation is 1. The Kier molecular flexibility index (Phi) is 5.41. The Morgan fingerprint density at radius 1 is 1.21 bits per heavy atom. The van der Waals surface area contributed by atoms with Crippen LogP contribution in [0.3, 0.4) is 0 Å². The molecule has 29 heavy (non-hydrogen) atoms. The number of piperazine rings is 1. The van der Waals surface area contributed by atoms with Crippen LogP contribution >= 0.6 is 0 Å². The predicted molar refractivity (Wildman–Crippen MR) is 111 cm³/mol. The van der Waals surface area contributed by atoms with E-state index in [1.54, 1.807) is 22.8 Å². The van der Waals surface area contributed by atoms with Crippen molar-refractivity contribution in [3.8, 4) is 0 Å². The maximum Gasteiger partial charge on any atom is 0.272 e. The molecule has 4 rings (SSSR count). The SMILES string of the molecule is Cc1nc(NCCc2c[nH]c3ccccc23)cc(C(=O)N2CCN(C=O)CC2)n1. The van der Waals surface area contributed by atoms with Crippen LogP contribution < -0.4 is 5.32 Å². The number of rotatable bonds is 6. The highest BCUT2D eigenvalue weighted by Gasteiger charge is 2.23. The lowest BCUT2D eigenvalue weighted by molar-refractivity contribution is -0.119. The fourth-order valence-electron chi connectivity index (χ4n) is 3.62. The molecule has 150 valence electrons. The van der Waals surface area contributed by atoms with Crippen LogP contribution in [-0.4, -0.2) is 69.8 Å². The van der Waals surface area contributed by atoms with Crippen LogP contribution in [0.4, 0.5) is 5.82 Å². The van der Waals surface area contributed by atoms with Gasteiger partial charge in [-0.1, -0.05) is 18.2 Å². The Morgan fingerprint density at radius 2 is 2.00 bits per heavy atom. The van der Waals surface area contributed by atoms with Gasteiger partial charge in [-0.3, -0.25) is 9.59 Å². The first-order valence-corrected chi connectivity index (χ1v) is 9.77. The van der Waals surface area contributed by atoms with Crippen molar-refractivity contribution in [1.29, 1.82) is 0 Å². The molecule has 3 aromatic rings. The van der Waals surface area contributed by atoms with Gasteiger partial charge in [0.1, 0.15) is 17.3 Å². The second-order valence-corrected chi connectivity index (χ2v) is 7.16. The zero-order valence-electron chi connectivity index (χ0n) is 16.4. The van der Waals surface area contributed by atoms with Gasteiger partial charge in [0.25, 0.3) is 5.91 Å². The van der Waals surface area contributed by atoms with Crippen molar-refractivity contribution in [3.05, 3.63) is 53.6 Å². The Bertz CT molecular complexity index is 1020. The third-order valence-corrected chi connectivity index (χ3v) is 5.18. The van der Waals surface area contributed by atoms with E-state index in [2.05, 4.69) is 32.4 Å². The highest BCUT2D eigenvalue weighted by Crippen LogP contribution is 2.18. The van der Waals surface area contributed by atoms with Crippen molar-refractivity contribution in [3.63, 3.8) is 0 Å². The first-order chi connectivity index (χ1) is 14.1. The molecule has 0 saturated carbocycles. The van der Waals surface area contributed by atoms with E-state index in [4.69, 9.17) is 0 Å². The largest absolute Gasteiger partial charge is 0.370 e. The minimum absolute atomic E-state index is 0.124. The molecule has 1 aromatic carbocycles. The van der Waals surface area contributed by atoms with Crippen LogP contribution in [-0.2, 0) is 11.2 Å². The van der Waals surface area contributed by atoms with Crippen molar-refractivity contribution in [1.82, 2.24) is 24.8 Å². The smallest absolute Gasteiger partial charge is 0.272 e. The third kappa shape index (κ3) is 4.21. The summed E-state index contributed by atoms with van der Waals surface area (Å²) in [6, 6.07) is 9.93. The number of anilines is 1. The minimum atomic E-state index is -0.124. The number of benzene rings is 1. The van der Waals surface area contributed by atoms with Gasteiger partial charge in [0.05, 0.1) is 0 Å². The number of carbonyl (C=O) groups excluding carboxylic acids is 2. The van der Waals surface area contributed by atoms with E-state index in [-0.39, 0.29) is 5.91 Å². The lowest BCUT2D eigenvalue weighted by Gasteiger charge is -2.32. The molecule has 0 radical (unpaired) electrons. The summed E-state index contributed by atoms with van der Waals surface area (Å²) < 4.78 is 0. The molecule has 1 fully saturated rings. The van der Waals surface area contributed by atoms with Gasteiger partial charge < -0.3 is 20.1 Å². The summed E-state index contributed by atoms with van der Waals surface area (Å²) in [5.74, 6) is 1.07. The summed E-state index contributed by atoms with van der Waals surface area (Å²) in [5.41, 5.74) is 2.75. The van der Waals surface area contributed by atoms with Crippen molar-refractivity contribution >= 4 is 29.0 Å². The van der Waals surface area contributed by atoms with Gasteiger partial charge in [0.15, 0.2) is 0 Å². The summed E-state index contributed by atoms with van der Waals surface area (Å²) >= 11 is 0. The molecule has 2 N–H and O–H groups in total.